The van der Waals surface area contributed by atoms with Crippen molar-refractivity contribution in [2.75, 3.05) is 13.2 Å². The van der Waals surface area contributed by atoms with Crippen molar-refractivity contribution in [1.29, 1.82) is 5.41 Å². The summed E-state index contributed by atoms with van der Waals surface area (Å²) in [5.41, 5.74) is 2.61. The topological polar surface area (TPSA) is 162 Å². The number of rotatable bonds is 10. The summed E-state index contributed by atoms with van der Waals surface area (Å²) in [5.74, 6) is -0.161. The number of aromatic amines is 1. The van der Waals surface area contributed by atoms with Crippen molar-refractivity contribution in [2.24, 2.45) is 5.41 Å². The van der Waals surface area contributed by atoms with Crippen LogP contribution in [0.25, 0.3) is 22.6 Å². The van der Waals surface area contributed by atoms with E-state index >= 15 is 0 Å². The fraction of sp³-hybridized carbons (Fsp3) is 0.364. The van der Waals surface area contributed by atoms with Gasteiger partial charge in [-0.15, -0.1) is 0 Å². The number of nitrogens with zero attached hydrogens (tertiary/aromatic N) is 5. The smallest absolute Gasteiger partial charge is 0.407 e. The lowest BCUT2D eigenvalue weighted by molar-refractivity contribution is 0.0691. The van der Waals surface area contributed by atoms with Gasteiger partial charge in [-0.3, -0.25) is 30.2 Å². The van der Waals surface area contributed by atoms with E-state index in [0.29, 0.717) is 39.8 Å². The summed E-state index contributed by atoms with van der Waals surface area (Å²) in [6.45, 7) is 8.49. The molecule has 1 aliphatic rings. The number of aromatic nitrogens is 5. The normalized spacial score (nSPS) is 14.2. The van der Waals surface area contributed by atoms with Gasteiger partial charge in [0.25, 0.3) is 5.91 Å². The first kappa shape index (κ1) is 32.6. The summed E-state index contributed by atoms with van der Waals surface area (Å²) < 4.78 is 5.74. The predicted octanol–water partition coefficient (Wildman–Crippen LogP) is 6.00. The van der Waals surface area contributed by atoms with Crippen LogP contribution in [0.3, 0.4) is 0 Å². The fourth-order valence-electron chi connectivity index (χ4n) is 4.75. The summed E-state index contributed by atoms with van der Waals surface area (Å²) in [6.07, 6.45) is 8.09. The minimum Gasteiger partial charge on any atom is -0.447 e. The van der Waals surface area contributed by atoms with Crippen molar-refractivity contribution >= 4 is 29.6 Å². The van der Waals surface area contributed by atoms with Crippen molar-refractivity contribution in [3.8, 4) is 22.6 Å². The van der Waals surface area contributed by atoms with E-state index in [4.69, 9.17) is 21.7 Å². The van der Waals surface area contributed by atoms with E-state index in [1.807, 2.05) is 6.92 Å². The second-order valence-electron chi connectivity index (χ2n) is 12.8. The molecule has 1 atom stereocenters. The average Bonchev–Trinajstić information content (AvgIpc) is 3.50. The highest BCUT2D eigenvalue weighted by molar-refractivity contribution is 6.33. The number of carbonyl (C=O) groups is 2. The van der Waals surface area contributed by atoms with Crippen LogP contribution in [0.4, 0.5) is 4.79 Å². The molecule has 2 aromatic carbocycles. The molecule has 2 amide bonds. The Labute approximate surface area is 272 Å². The van der Waals surface area contributed by atoms with Gasteiger partial charge >= 0.3 is 6.09 Å². The Morgan fingerprint density at radius 1 is 1.13 bits per heavy atom. The van der Waals surface area contributed by atoms with Gasteiger partial charge < -0.3 is 15.4 Å². The lowest BCUT2D eigenvalue weighted by atomic mass is 9.92. The second kappa shape index (κ2) is 13.7. The van der Waals surface area contributed by atoms with Gasteiger partial charge in [-0.2, -0.15) is 5.10 Å². The summed E-state index contributed by atoms with van der Waals surface area (Å²) >= 11 is 6.55. The van der Waals surface area contributed by atoms with Crippen LogP contribution in [0.2, 0.25) is 5.02 Å². The molecular formula is C33H38ClN9O3. The Kier molecular flexibility index (Phi) is 9.66. The van der Waals surface area contributed by atoms with E-state index in [0.717, 1.165) is 24.8 Å². The summed E-state index contributed by atoms with van der Waals surface area (Å²) in [5, 5.41) is 22.3. The molecule has 0 spiro atoms. The molecule has 0 radical (unpaired) electrons. The quantitative estimate of drug-likeness (QED) is 0.121. The largest absolute Gasteiger partial charge is 0.447 e. The maximum atomic E-state index is 14.4. The fourth-order valence-corrected chi connectivity index (χ4v) is 4.95. The van der Waals surface area contributed by atoms with Crippen LogP contribution in [0.5, 0.6) is 0 Å². The number of hydrogen-bond donors (Lipinski definition) is 4. The number of ether oxygens (including phenoxy) is 1. The number of H-pyrrole nitrogens is 1. The van der Waals surface area contributed by atoms with E-state index in [1.54, 1.807) is 61.1 Å². The number of carbonyl (C=O) groups excluding carboxylic acids is 2. The van der Waals surface area contributed by atoms with Crippen LogP contribution in [-0.4, -0.2) is 66.7 Å². The third kappa shape index (κ3) is 8.25. The molecule has 12 nitrogen and oxygen atoms in total. The van der Waals surface area contributed by atoms with Crippen LogP contribution in [0.1, 0.15) is 68.9 Å². The third-order valence-corrected chi connectivity index (χ3v) is 8.08. The van der Waals surface area contributed by atoms with Crippen molar-refractivity contribution in [3.63, 3.8) is 0 Å². The Hall–Kier alpha value is -4.84. The van der Waals surface area contributed by atoms with Crippen LogP contribution in [0, 0.1) is 10.8 Å². The maximum absolute atomic E-state index is 14.4. The first-order valence-electron chi connectivity index (χ1n) is 15.0. The molecule has 0 saturated heterocycles. The van der Waals surface area contributed by atoms with Gasteiger partial charge in [0.1, 0.15) is 12.9 Å². The molecule has 0 unspecified atom stereocenters. The number of nitrogens with one attached hydrogen (secondary N) is 4. The number of amides is 2. The second-order valence-corrected chi connectivity index (χ2v) is 13.2. The summed E-state index contributed by atoms with van der Waals surface area (Å²) in [4.78, 5) is 41.3. The molecule has 4 aromatic rings. The van der Waals surface area contributed by atoms with Crippen LogP contribution >= 0.6 is 11.6 Å². The standard InChI is InChI=1S/C33H38ClN9O3/c1-32(2,3)13-14-38-30(35)43(29(44)22-7-5-21(6-8-22)26-18-36-15-16-37-26)27(19-46-31(45)41-33(4)11-12-33)23-9-10-25(34)24(17-23)28-39-20-40-42-28/h5-10,15-18,20,27H,11-14,19H2,1-4H3,(H2,35,38)(H,41,45)(H,39,40,42)/t27-/m1/s1. The highest BCUT2D eigenvalue weighted by Crippen LogP contribution is 2.35. The SMILES string of the molecule is CC(C)(C)CCNC(=N)N(C(=O)c1ccc(-c2cnccn2)cc1)[C@H](COC(=O)NC1(C)CC1)c1ccc(Cl)c(-c2ncn[nH]2)c1. The zero-order valence-corrected chi connectivity index (χ0v) is 27.1. The highest BCUT2D eigenvalue weighted by Gasteiger charge is 2.40. The first-order chi connectivity index (χ1) is 21.9. The highest BCUT2D eigenvalue weighted by atomic mass is 35.5. The van der Waals surface area contributed by atoms with E-state index in [1.165, 1.54) is 11.2 Å². The number of alkyl carbamates (subject to hydrolysis) is 1. The zero-order chi connectivity index (χ0) is 32.9. The first-order valence-corrected chi connectivity index (χ1v) is 15.4. The number of hydrogen-bond acceptors (Lipinski definition) is 8. The van der Waals surface area contributed by atoms with E-state index in [2.05, 4.69) is 56.6 Å². The van der Waals surface area contributed by atoms with Gasteiger partial charge in [0, 0.05) is 41.2 Å². The Bertz CT molecular complexity index is 1670. The van der Waals surface area contributed by atoms with E-state index < -0.39 is 18.0 Å². The Morgan fingerprint density at radius 2 is 1.89 bits per heavy atom. The van der Waals surface area contributed by atoms with Crippen molar-refractivity contribution in [2.45, 2.75) is 58.5 Å². The van der Waals surface area contributed by atoms with Crippen molar-refractivity contribution in [3.05, 3.63) is 83.5 Å². The monoisotopic (exact) mass is 643 g/mol. The van der Waals surface area contributed by atoms with Crippen LogP contribution < -0.4 is 10.6 Å². The molecule has 46 heavy (non-hydrogen) atoms. The minimum atomic E-state index is -0.904. The molecule has 4 N–H and O–H groups in total. The molecule has 13 heteroatoms. The van der Waals surface area contributed by atoms with Gasteiger partial charge in [-0.1, -0.05) is 50.6 Å². The molecule has 2 aromatic heterocycles. The van der Waals surface area contributed by atoms with Gasteiger partial charge in [-0.25, -0.2) is 9.78 Å². The third-order valence-electron chi connectivity index (χ3n) is 7.75. The number of benzene rings is 2. The lowest BCUT2D eigenvalue weighted by Crippen LogP contribution is -2.49. The molecule has 0 aliphatic heterocycles. The van der Waals surface area contributed by atoms with E-state index in [-0.39, 0.29) is 23.5 Å². The Balaban J connectivity index is 1.52. The molecule has 240 valence electrons. The predicted molar refractivity (Wildman–Crippen MR) is 175 cm³/mol. The molecule has 2 heterocycles. The molecule has 5 rings (SSSR count). The summed E-state index contributed by atoms with van der Waals surface area (Å²) in [6, 6.07) is 11.2. The number of halogens is 1. The molecule has 1 fully saturated rings. The van der Waals surface area contributed by atoms with Crippen LogP contribution in [0.15, 0.2) is 67.4 Å². The van der Waals surface area contributed by atoms with E-state index in [9.17, 15) is 9.59 Å². The van der Waals surface area contributed by atoms with Crippen molar-refractivity contribution < 1.29 is 14.3 Å². The molecule has 1 saturated carbocycles. The Morgan fingerprint density at radius 3 is 2.52 bits per heavy atom. The molecule has 1 aliphatic carbocycles. The van der Waals surface area contributed by atoms with Gasteiger partial charge in [0.05, 0.1) is 23.0 Å². The zero-order valence-electron chi connectivity index (χ0n) is 26.3. The van der Waals surface area contributed by atoms with Crippen LogP contribution in [-0.2, 0) is 4.74 Å². The molecule has 0 bridgehead atoms. The lowest BCUT2D eigenvalue weighted by Gasteiger charge is -2.33. The van der Waals surface area contributed by atoms with Gasteiger partial charge in [-0.05, 0) is 61.4 Å². The minimum absolute atomic E-state index is 0.0000407. The maximum Gasteiger partial charge on any atom is 0.407 e. The number of guanidine groups is 1. The molecular weight excluding hydrogens is 606 g/mol. The summed E-state index contributed by atoms with van der Waals surface area (Å²) in [7, 11) is 0. The van der Waals surface area contributed by atoms with Crippen molar-refractivity contribution in [1.82, 2.24) is 40.7 Å². The van der Waals surface area contributed by atoms with Gasteiger partial charge in [0.15, 0.2) is 11.8 Å². The average molecular weight is 644 g/mol. The van der Waals surface area contributed by atoms with Gasteiger partial charge in [0.2, 0.25) is 0 Å².